The second-order valence-electron chi connectivity index (χ2n) is 5.74. The number of methoxy groups -OCH3 is 1. The smallest absolute Gasteiger partial charge is 0.315 e. The SMILES string of the molecule is CCOc1nccc2c1C(c1ccccc1Br)C(C(=O)OC)C(C)=N2. The number of esters is 1. The number of benzene rings is 1. The molecule has 3 rings (SSSR count). The van der Waals surface area contributed by atoms with Gasteiger partial charge in [-0.3, -0.25) is 9.79 Å². The van der Waals surface area contributed by atoms with E-state index >= 15 is 0 Å². The van der Waals surface area contributed by atoms with Crippen LogP contribution in [0.5, 0.6) is 5.88 Å². The maximum atomic E-state index is 12.6. The first kappa shape index (κ1) is 17.6. The van der Waals surface area contributed by atoms with Gasteiger partial charge in [0.25, 0.3) is 0 Å². The molecule has 6 heteroatoms. The van der Waals surface area contributed by atoms with E-state index < -0.39 is 5.92 Å². The van der Waals surface area contributed by atoms with Crippen molar-refractivity contribution in [1.82, 2.24) is 4.98 Å². The molecular weight excluding hydrogens is 384 g/mol. The van der Waals surface area contributed by atoms with Gasteiger partial charge >= 0.3 is 5.97 Å². The van der Waals surface area contributed by atoms with Gasteiger partial charge in [0.15, 0.2) is 0 Å². The zero-order chi connectivity index (χ0) is 18.0. The molecule has 1 aliphatic heterocycles. The number of ether oxygens (including phenoxy) is 2. The topological polar surface area (TPSA) is 60.8 Å². The standard InChI is InChI=1S/C19H19BrN2O3/c1-4-25-18-17-14(9-10-21-18)22-11(2)15(19(23)24-3)16(17)12-7-5-6-8-13(12)20/h5-10,15-16H,4H2,1-3H3. The molecule has 5 nitrogen and oxygen atoms in total. The molecule has 0 fully saturated rings. The third kappa shape index (κ3) is 3.18. The Bertz CT molecular complexity index is 835. The number of aliphatic imine (C=N–C) groups is 1. The van der Waals surface area contributed by atoms with Crippen molar-refractivity contribution < 1.29 is 14.3 Å². The van der Waals surface area contributed by atoms with E-state index in [9.17, 15) is 4.79 Å². The molecule has 1 aromatic heterocycles. The molecule has 0 radical (unpaired) electrons. The molecule has 1 aliphatic rings. The number of carbonyl (C=O) groups excluding carboxylic acids is 1. The van der Waals surface area contributed by atoms with Gasteiger partial charge in [0.1, 0.15) is 5.92 Å². The molecule has 2 heterocycles. The average Bonchev–Trinajstić information content (AvgIpc) is 2.61. The highest BCUT2D eigenvalue weighted by atomic mass is 79.9. The molecule has 1 aromatic carbocycles. The summed E-state index contributed by atoms with van der Waals surface area (Å²) in [5.41, 5.74) is 3.28. The Morgan fingerprint density at radius 2 is 2.04 bits per heavy atom. The van der Waals surface area contributed by atoms with Gasteiger partial charge in [-0.05, 0) is 31.5 Å². The minimum absolute atomic E-state index is 0.286. The minimum Gasteiger partial charge on any atom is -0.478 e. The van der Waals surface area contributed by atoms with E-state index in [1.54, 1.807) is 6.20 Å². The second kappa shape index (κ2) is 7.35. The summed E-state index contributed by atoms with van der Waals surface area (Å²) in [7, 11) is 1.40. The second-order valence-corrected chi connectivity index (χ2v) is 6.59. The lowest BCUT2D eigenvalue weighted by Gasteiger charge is -2.32. The summed E-state index contributed by atoms with van der Waals surface area (Å²) in [6.45, 7) is 4.25. The Morgan fingerprint density at radius 1 is 1.28 bits per heavy atom. The van der Waals surface area contributed by atoms with Crippen LogP contribution in [0.2, 0.25) is 0 Å². The van der Waals surface area contributed by atoms with Crippen molar-refractivity contribution in [2.24, 2.45) is 10.9 Å². The fourth-order valence-electron chi connectivity index (χ4n) is 3.25. The van der Waals surface area contributed by atoms with Crippen LogP contribution in [0.1, 0.15) is 30.9 Å². The van der Waals surface area contributed by atoms with Crippen LogP contribution in [0.4, 0.5) is 5.69 Å². The van der Waals surface area contributed by atoms with Gasteiger partial charge in [0.2, 0.25) is 5.88 Å². The largest absolute Gasteiger partial charge is 0.478 e. The molecule has 2 unspecified atom stereocenters. The number of hydrogen-bond acceptors (Lipinski definition) is 5. The number of fused-ring (bicyclic) bond motifs is 1. The third-order valence-corrected chi connectivity index (χ3v) is 5.02. The van der Waals surface area contributed by atoms with Crippen LogP contribution < -0.4 is 4.74 Å². The summed E-state index contributed by atoms with van der Waals surface area (Å²) >= 11 is 3.61. The van der Waals surface area contributed by atoms with Gasteiger partial charge in [-0.25, -0.2) is 4.98 Å². The van der Waals surface area contributed by atoms with Gasteiger partial charge < -0.3 is 9.47 Å². The maximum absolute atomic E-state index is 12.6. The molecule has 0 saturated carbocycles. The summed E-state index contributed by atoms with van der Waals surface area (Å²) in [6, 6.07) is 9.69. The highest BCUT2D eigenvalue weighted by Gasteiger charge is 2.41. The third-order valence-electron chi connectivity index (χ3n) is 4.30. The molecular formula is C19H19BrN2O3. The van der Waals surface area contributed by atoms with Crippen molar-refractivity contribution in [1.29, 1.82) is 0 Å². The number of rotatable bonds is 4. The van der Waals surface area contributed by atoms with E-state index in [2.05, 4.69) is 25.9 Å². The number of carbonyl (C=O) groups is 1. The Labute approximate surface area is 155 Å². The van der Waals surface area contributed by atoms with E-state index in [1.807, 2.05) is 44.2 Å². The summed E-state index contributed by atoms with van der Waals surface area (Å²) in [4.78, 5) is 21.6. The first-order valence-electron chi connectivity index (χ1n) is 8.07. The van der Waals surface area contributed by atoms with E-state index in [-0.39, 0.29) is 11.9 Å². The van der Waals surface area contributed by atoms with Crippen LogP contribution in [0.25, 0.3) is 0 Å². The van der Waals surface area contributed by atoms with E-state index in [4.69, 9.17) is 9.47 Å². The van der Waals surface area contributed by atoms with Gasteiger partial charge in [-0.1, -0.05) is 34.1 Å². The van der Waals surface area contributed by atoms with Crippen molar-refractivity contribution in [2.45, 2.75) is 19.8 Å². The van der Waals surface area contributed by atoms with Crippen molar-refractivity contribution in [3.8, 4) is 5.88 Å². The lowest BCUT2D eigenvalue weighted by molar-refractivity contribution is -0.143. The fraction of sp³-hybridized carbons (Fsp3) is 0.316. The average molecular weight is 403 g/mol. The first-order valence-corrected chi connectivity index (χ1v) is 8.86. The minimum atomic E-state index is -0.528. The number of aromatic nitrogens is 1. The molecule has 0 aliphatic carbocycles. The lowest BCUT2D eigenvalue weighted by Crippen LogP contribution is -2.33. The zero-order valence-corrected chi connectivity index (χ0v) is 15.9. The van der Waals surface area contributed by atoms with Crippen molar-refractivity contribution in [2.75, 3.05) is 13.7 Å². The highest BCUT2D eigenvalue weighted by Crippen LogP contribution is 2.47. The Balaban J connectivity index is 2.29. The molecule has 130 valence electrons. The monoisotopic (exact) mass is 402 g/mol. The molecule has 0 saturated heterocycles. The summed E-state index contributed by atoms with van der Waals surface area (Å²) < 4.78 is 11.7. The summed E-state index contributed by atoms with van der Waals surface area (Å²) in [5, 5.41) is 0. The molecule has 0 spiro atoms. The zero-order valence-electron chi connectivity index (χ0n) is 14.3. The number of halogens is 1. The summed E-state index contributed by atoms with van der Waals surface area (Å²) in [5.74, 6) is -0.629. The molecule has 2 atom stereocenters. The number of nitrogens with zero attached hydrogens (tertiary/aromatic N) is 2. The lowest BCUT2D eigenvalue weighted by atomic mass is 9.76. The number of pyridine rings is 1. The highest BCUT2D eigenvalue weighted by molar-refractivity contribution is 9.10. The van der Waals surface area contributed by atoms with E-state index in [1.165, 1.54) is 7.11 Å². The van der Waals surface area contributed by atoms with Crippen molar-refractivity contribution >= 4 is 33.3 Å². The van der Waals surface area contributed by atoms with Crippen LogP contribution in [-0.4, -0.2) is 30.4 Å². The molecule has 25 heavy (non-hydrogen) atoms. The van der Waals surface area contributed by atoms with Crippen molar-refractivity contribution in [3.05, 3.63) is 52.1 Å². The Kier molecular flexibility index (Phi) is 5.18. The van der Waals surface area contributed by atoms with Crippen LogP contribution in [0.3, 0.4) is 0 Å². The molecule has 2 aromatic rings. The first-order chi connectivity index (χ1) is 12.1. The van der Waals surface area contributed by atoms with Crippen LogP contribution >= 0.6 is 15.9 Å². The maximum Gasteiger partial charge on any atom is 0.315 e. The van der Waals surface area contributed by atoms with Gasteiger partial charge in [0.05, 0.1) is 19.4 Å². The quantitative estimate of drug-likeness (QED) is 0.716. The van der Waals surface area contributed by atoms with Gasteiger partial charge in [-0.15, -0.1) is 0 Å². The molecule has 0 amide bonds. The van der Waals surface area contributed by atoms with Crippen molar-refractivity contribution in [3.63, 3.8) is 0 Å². The normalized spacial score (nSPS) is 19.0. The van der Waals surface area contributed by atoms with E-state index in [0.29, 0.717) is 18.2 Å². The summed E-state index contributed by atoms with van der Waals surface area (Å²) in [6.07, 6.45) is 1.68. The van der Waals surface area contributed by atoms with Gasteiger partial charge in [0, 0.05) is 27.9 Å². The van der Waals surface area contributed by atoms with Crippen LogP contribution in [0, 0.1) is 5.92 Å². The Morgan fingerprint density at radius 3 is 2.72 bits per heavy atom. The fourth-order valence-corrected chi connectivity index (χ4v) is 3.78. The van der Waals surface area contributed by atoms with Crippen LogP contribution in [-0.2, 0) is 9.53 Å². The molecule has 0 bridgehead atoms. The van der Waals surface area contributed by atoms with E-state index in [0.717, 1.165) is 21.3 Å². The molecule has 0 N–H and O–H groups in total. The Hall–Kier alpha value is -2.21. The predicted octanol–water partition coefficient (Wildman–Crippen LogP) is 4.27. The number of hydrogen-bond donors (Lipinski definition) is 0. The van der Waals surface area contributed by atoms with Crippen LogP contribution in [0.15, 0.2) is 46.0 Å². The van der Waals surface area contributed by atoms with Gasteiger partial charge in [-0.2, -0.15) is 0 Å². The predicted molar refractivity (Wildman–Crippen MR) is 99.7 cm³/mol.